The average Bonchev–Trinajstić information content (AvgIpc) is 3.01. The van der Waals surface area contributed by atoms with Crippen LogP contribution in [0.15, 0.2) is 66.7 Å². The average molecular weight is 323 g/mol. The third kappa shape index (κ3) is 2.49. The van der Waals surface area contributed by atoms with Crippen molar-refractivity contribution in [3.63, 3.8) is 0 Å². The van der Waals surface area contributed by atoms with Crippen molar-refractivity contribution >= 4 is 16.7 Å². The van der Waals surface area contributed by atoms with Crippen molar-refractivity contribution in [2.75, 3.05) is 0 Å². The van der Waals surface area contributed by atoms with Crippen molar-refractivity contribution in [1.29, 1.82) is 0 Å². The maximum atomic E-state index is 7.30. The van der Waals surface area contributed by atoms with Crippen molar-refractivity contribution in [3.8, 4) is 17.1 Å². The van der Waals surface area contributed by atoms with Crippen LogP contribution in [0.2, 0.25) is 0 Å². The topological polar surface area (TPSA) is 22.2 Å². The van der Waals surface area contributed by atoms with Crippen LogP contribution in [0.5, 0.6) is 0 Å². The van der Waals surface area contributed by atoms with Gasteiger partial charge in [-0.05, 0) is 37.1 Å². The zero-order chi connectivity index (χ0) is 17.4. The Morgan fingerprint density at radius 2 is 1.52 bits per heavy atom. The highest BCUT2D eigenvalue weighted by atomic mass is 15.1. The molecule has 1 heterocycles. The molecule has 0 saturated heterocycles. The Morgan fingerprint density at radius 3 is 2.20 bits per heavy atom. The number of para-hydroxylation sites is 2. The summed E-state index contributed by atoms with van der Waals surface area (Å²) in [5.74, 6) is 0.920. The molecule has 0 aliphatic carbocycles. The van der Waals surface area contributed by atoms with E-state index in [0.717, 1.165) is 39.2 Å². The van der Waals surface area contributed by atoms with E-state index in [2.05, 4.69) is 41.5 Å². The zero-order valence-electron chi connectivity index (χ0n) is 14.2. The molecule has 120 valence electrons. The molecule has 0 amide bonds. The summed E-state index contributed by atoms with van der Waals surface area (Å²) in [5, 5.41) is 0. The van der Waals surface area contributed by atoms with Gasteiger partial charge in [0, 0.05) is 5.56 Å². The first-order valence-electron chi connectivity index (χ1n) is 8.21. The molecular formula is C22H17N3. The molecule has 0 fully saturated rings. The van der Waals surface area contributed by atoms with Crippen LogP contribution in [-0.2, 0) is 0 Å². The maximum Gasteiger partial charge on any atom is 0.187 e. The number of rotatable bonds is 2. The molecule has 3 heteroatoms. The number of imidazole rings is 1. The van der Waals surface area contributed by atoms with Crippen molar-refractivity contribution in [3.05, 3.63) is 89.3 Å². The van der Waals surface area contributed by atoms with Gasteiger partial charge in [-0.3, -0.25) is 4.57 Å². The molecule has 0 bridgehead atoms. The molecule has 1 aromatic heterocycles. The third-order valence-corrected chi connectivity index (χ3v) is 4.42. The number of hydrogen-bond donors (Lipinski definition) is 0. The van der Waals surface area contributed by atoms with Crippen LogP contribution in [-0.4, -0.2) is 9.55 Å². The van der Waals surface area contributed by atoms with Crippen molar-refractivity contribution < 1.29 is 0 Å². The summed E-state index contributed by atoms with van der Waals surface area (Å²) in [6.45, 7) is 11.4. The summed E-state index contributed by atoms with van der Waals surface area (Å²) in [6, 6.07) is 22.3. The smallest absolute Gasteiger partial charge is 0.187 e. The van der Waals surface area contributed by atoms with Crippen LogP contribution in [0.25, 0.3) is 33.0 Å². The second-order valence-electron chi connectivity index (χ2n) is 6.17. The lowest BCUT2D eigenvalue weighted by atomic mass is 10.1. The highest BCUT2D eigenvalue weighted by Gasteiger charge is 2.17. The summed E-state index contributed by atoms with van der Waals surface area (Å²) in [7, 11) is 0. The summed E-state index contributed by atoms with van der Waals surface area (Å²) in [6.07, 6.45) is 0. The van der Waals surface area contributed by atoms with Gasteiger partial charge in [-0.1, -0.05) is 54.6 Å². The standard InChI is InChI=1S/C22H17N3/c1-15-13-18(23-3)14-16(2)21(15)25-20-12-8-7-11-19(20)24-22(25)17-9-5-4-6-10-17/h4-14H,1-2H3. The van der Waals surface area contributed by atoms with E-state index in [1.54, 1.807) is 0 Å². The summed E-state index contributed by atoms with van der Waals surface area (Å²) >= 11 is 0. The lowest BCUT2D eigenvalue weighted by Crippen LogP contribution is -2.02. The molecule has 0 atom stereocenters. The minimum Gasteiger partial charge on any atom is -0.292 e. The molecule has 0 aliphatic rings. The van der Waals surface area contributed by atoms with Crippen molar-refractivity contribution in [1.82, 2.24) is 9.55 Å². The fourth-order valence-electron chi connectivity index (χ4n) is 3.38. The van der Waals surface area contributed by atoms with E-state index >= 15 is 0 Å². The quantitative estimate of drug-likeness (QED) is 0.423. The Bertz CT molecular complexity index is 1090. The summed E-state index contributed by atoms with van der Waals surface area (Å²) in [5.41, 5.74) is 7.03. The van der Waals surface area contributed by atoms with E-state index in [4.69, 9.17) is 11.6 Å². The number of benzene rings is 3. The first-order chi connectivity index (χ1) is 12.2. The lowest BCUT2D eigenvalue weighted by Gasteiger charge is -2.16. The minimum absolute atomic E-state index is 0.671. The van der Waals surface area contributed by atoms with Gasteiger partial charge in [0.15, 0.2) is 5.69 Å². The first-order valence-corrected chi connectivity index (χ1v) is 8.21. The van der Waals surface area contributed by atoms with Gasteiger partial charge in [0.25, 0.3) is 0 Å². The van der Waals surface area contributed by atoms with Crippen LogP contribution >= 0.6 is 0 Å². The lowest BCUT2D eigenvalue weighted by molar-refractivity contribution is 1.06. The van der Waals surface area contributed by atoms with Crippen LogP contribution < -0.4 is 0 Å². The van der Waals surface area contributed by atoms with Gasteiger partial charge in [0.2, 0.25) is 0 Å². The zero-order valence-corrected chi connectivity index (χ0v) is 14.2. The maximum absolute atomic E-state index is 7.30. The Balaban J connectivity index is 2.10. The van der Waals surface area contributed by atoms with Gasteiger partial charge in [0.05, 0.1) is 23.3 Å². The number of aromatic nitrogens is 2. The minimum atomic E-state index is 0.671. The van der Waals surface area contributed by atoms with E-state index in [1.165, 1.54) is 0 Å². The van der Waals surface area contributed by atoms with E-state index in [0.29, 0.717) is 5.69 Å². The van der Waals surface area contributed by atoms with Gasteiger partial charge in [0.1, 0.15) is 5.82 Å². The second kappa shape index (κ2) is 5.92. The SMILES string of the molecule is [C-]#[N+]c1cc(C)c(-n2c(-c3ccccc3)nc3ccccc32)c(C)c1. The molecule has 4 aromatic rings. The van der Waals surface area contributed by atoms with Gasteiger partial charge in [-0.2, -0.15) is 0 Å². The molecule has 0 spiro atoms. The fourth-order valence-corrected chi connectivity index (χ4v) is 3.38. The number of aryl methyl sites for hydroxylation is 2. The van der Waals surface area contributed by atoms with Gasteiger partial charge in [-0.25, -0.2) is 9.83 Å². The molecule has 0 unspecified atom stereocenters. The van der Waals surface area contributed by atoms with Gasteiger partial charge < -0.3 is 0 Å². The summed E-state index contributed by atoms with van der Waals surface area (Å²) in [4.78, 5) is 8.47. The predicted molar refractivity (Wildman–Crippen MR) is 102 cm³/mol. The Labute approximate surface area is 147 Å². The number of nitrogens with zero attached hydrogens (tertiary/aromatic N) is 3. The largest absolute Gasteiger partial charge is 0.292 e. The van der Waals surface area contributed by atoms with Gasteiger partial charge in [-0.15, -0.1) is 0 Å². The molecule has 0 N–H and O–H groups in total. The molecule has 4 rings (SSSR count). The fraction of sp³-hybridized carbons (Fsp3) is 0.0909. The molecular weight excluding hydrogens is 306 g/mol. The Morgan fingerprint density at radius 1 is 0.880 bits per heavy atom. The van der Waals surface area contributed by atoms with Crippen molar-refractivity contribution in [2.24, 2.45) is 0 Å². The first kappa shape index (κ1) is 15.2. The molecule has 0 radical (unpaired) electrons. The van der Waals surface area contributed by atoms with Crippen LogP contribution in [0.3, 0.4) is 0 Å². The number of fused-ring (bicyclic) bond motifs is 1. The Hall–Kier alpha value is -3.38. The summed E-state index contributed by atoms with van der Waals surface area (Å²) < 4.78 is 2.21. The number of hydrogen-bond acceptors (Lipinski definition) is 1. The second-order valence-corrected chi connectivity index (χ2v) is 6.17. The predicted octanol–water partition coefficient (Wildman–Crippen LogP) is 5.86. The molecule has 3 aromatic carbocycles. The van der Waals surface area contributed by atoms with Crippen molar-refractivity contribution in [2.45, 2.75) is 13.8 Å². The Kier molecular flexibility index (Phi) is 3.59. The normalized spacial score (nSPS) is 10.8. The molecule has 3 nitrogen and oxygen atoms in total. The monoisotopic (exact) mass is 323 g/mol. The van der Waals surface area contributed by atoms with Gasteiger partial charge >= 0.3 is 0 Å². The van der Waals surface area contributed by atoms with Crippen LogP contribution in [0.1, 0.15) is 11.1 Å². The third-order valence-electron chi connectivity index (χ3n) is 4.42. The highest BCUT2D eigenvalue weighted by molar-refractivity contribution is 5.84. The molecule has 0 aliphatic heterocycles. The molecule has 25 heavy (non-hydrogen) atoms. The van der Waals surface area contributed by atoms with E-state index < -0.39 is 0 Å². The van der Waals surface area contributed by atoms with Crippen LogP contribution in [0, 0.1) is 20.4 Å². The molecule has 0 saturated carbocycles. The van der Waals surface area contributed by atoms with E-state index in [1.807, 2.05) is 48.5 Å². The van der Waals surface area contributed by atoms with E-state index in [9.17, 15) is 0 Å². The van der Waals surface area contributed by atoms with Crippen LogP contribution in [0.4, 0.5) is 5.69 Å². The van der Waals surface area contributed by atoms with E-state index in [-0.39, 0.29) is 0 Å². The highest BCUT2D eigenvalue weighted by Crippen LogP contribution is 2.33.